The number of unbranched alkanes of at least 4 members (excludes halogenated alkanes) is 45. The van der Waals surface area contributed by atoms with Crippen LogP contribution in [0, 0.1) is 11.8 Å². The van der Waals surface area contributed by atoms with Crippen molar-refractivity contribution in [3.63, 3.8) is 0 Å². The van der Waals surface area contributed by atoms with E-state index >= 15 is 0 Å². The molecule has 3 N–H and O–H groups in total. The molecule has 0 aromatic rings. The molecule has 0 spiro atoms. The van der Waals surface area contributed by atoms with Crippen molar-refractivity contribution in [3.05, 3.63) is 0 Å². The highest BCUT2D eigenvalue weighted by molar-refractivity contribution is 7.47. The zero-order valence-electron chi connectivity index (χ0n) is 63.4. The Morgan fingerprint density at radius 3 is 0.732 bits per heavy atom. The van der Waals surface area contributed by atoms with Gasteiger partial charge in [-0.15, -0.1) is 0 Å². The van der Waals surface area contributed by atoms with Crippen molar-refractivity contribution in [2.45, 2.75) is 426 Å². The normalized spacial score (nSPS) is 14.5. The van der Waals surface area contributed by atoms with Crippen molar-refractivity contribution in [2.24, 2.45) is 11.8 Å². The fourth-order valence-electron chi connectivity index (χ4n) is 11.9. The number of rotatable bonds is 77. The quantitative estimate of drug-likeness (QED) is 0.0222. The predicted molar refractivity (Wildman–Crippen MR) is 395 cm³/mol. The highest BCUT2D eigenvalue weighted by Crippen LogP contribution is 2.45. The second-order valence-corrected chi connectivity index (χ2v) is 31.5. The van der Waals surface area contributed by atoms with Crippen molar-refractivity contribution in [1.29, 1.82) is 0 Å². The Morgan fingerprint density at radius 2 is 0.495 bits per heavy atom. The maximum Gasteiger partial charge on any atom is 0.472 e. The molecule has 97 heavy (non-hydrogen) atoms. The first-order valence-corrected chi connectivity index (χ1v) is 43.6. The van der Waals surface area contributed by atoms with Crippen LogP contribution in [0.4, 0.5) is 0 Å². The Morgan fingerprint density at radius 1 is 0.289 bits per heavy atom. The van der Waals surface area contributed by atoms with Crippen molar-refractivity contribution in [2.75, 3.05) is 39.6 Å². The number of hydrogen-bond acceptors (Lipinski definition) is 15. The summed E-state index contributed by atoms with van der Waals surface area (Å²) in [6.45, 7) is 9.63. The number of esters is 4. The molecule has 0 aromatic heterocycles. The number of carbonyl (C=O) groups excluding carboxylic acids is 4. The molecule has 0 saturated carbocycles. The van der Waals surface area contributed by atoms with Gasteiger partial charge in [0.05, 0.1) is 26.4 Å². The van der Waals surface area contributed by atoms with E-state index in [2.05, 4.69) is 41.5 Å². The van der Waals surface area contributed by atoms with E-state index in [9.17, 15) is 43.2 Å². The number of phosphoric ester groups is 2. The van der Waals surface area contributed by atoms with Crippen LogP contribution in [0.3, 0.4) is 0 Å². The molecule has 0 radical (unpaired) electrons. The van der Waals surface area contributed by atoms with Gasteiger partial charge in [0.1, 0.15) is 19.3 Å². The zero-order valence-corrected chi connectivity index (χ0v) is 65.2. The third kappa shape index (κ3) is 69.5. The Balaban J connectivity index is 5.19. The standard InChI is InChI=1S/C78H152O17P2/c1-7-11-13-15-17-19-20-21-22-23-24-25-26-27-28-29-30-38-44-50-56-62-77(82)95-74(67-89-76(81)61-55-49-43-37-33-31-35-40-46-52-58-70(5)9-3)69-93-97(86,87)91-65-72(79)64-90-96(84,85)92-68-73(66-88-75(80)60-54-48-42-18-16-14-12-8-2)94-78(83)63-57-51-45-39-34-32-36-41-47-53-59-71(6)10-4/h70-74,79H,7-69H2,1-6H3,(H,84,85)(H,86,87)/t70?,71?,72-,73+,74+/m0/s1. The number of hydrogen-bond donors (Lipinski definition) is 3. The summed E-state index contributed by atoms with van der Waals surface area (Å²) in [5, 5.41) is 10.6. The third-order valence-electron chi connectivity index (χ3n) is 18.9. The highest BCUT2D eigenvalue weighted by Gasteiger charge is 2.30. The van der Waals surface area contributed by atoms with E-state index in [4.69, 9.17) is 37.0 Å². The van der Waals surface area contributed by atoms with Gasteiger partial charge in [-0.3, -0.25) is 37.3 Å². The number of phosphoric acid groups is 2. The summed E-state index contributed by atoms with van der Waals surface area (Å²) in [7, 11) is -9.91. The molecule has 7 atom stereocenters. The van der Waals surface area contributed by atoms with Crippen LogP contribution in [0.2, 0.25) is 0 Å². The van der Waals surface area contributed by atoms with Crippen molar-refractivity contribution in [1.82, 2.24) is 0 Å². The molecule has 0 amide bonds. The first-order chi connectivity index (χ1) is 46.9. The lowest BCUT2D eigenvalue weighted by Crippen LogP contribution is -2.30. The maximum atomic E-state index is 13.1. The van der Waals surface area contributed by atoms with E-state index in [1.165, 1.54) is 218 Å². The minimum absolute atomic E-state index is 0.106. The van der Waals surface area contributed by atoms with Crippen LogP contribution in [-0.2, 0) is 65.4 Å². The molecule has 0 rings (SSSR count). The second-order valence-electron chi connectivity index (χ2n) is 28.6. The minimum atomic E-state index is -4.96. The van der Waals surface area contributed by atoms with E-state index in [1.54, 1.807) is 0 Å². The van der Waals surface area contributed by atoms with Crippen molar-refractivity contribution in [3.8, 4) is 0 Å². The van der Waals surface area contributed by atoms with Gasteiger partial charge in [-0.1, -0.05) is 356 Å². The van der Waals surface area contributed by atoms with Crippen LogP contribution in [0.1, 0.15) is 408 Å². The van der Waals surface area contributed by atoms with Crippen LogP contribution in [0.15, 0.2) is 0 Å². The molecule has 0 aliphatic heterocycles. The van der Waals surface area contributed by atoms with Gasteiger partial charge in [0, 0.05) is 25.7 Å². The maximum absolute atomic E-state index is 13.1. The largest absolute Gasteiger partial charge is 0.472 e. The van der Waals surface area contributed by atoms with Crippen LogP contribution in [-0.4, -0.2) is 96.7 Å². The topological polar surface area (TPSA) is 237 Å². The monoisotopic (exact) mass is 1420 g/mol. The van der Waals surface area contributed by atoms with Gasteiger partial charge >= 0.3 is 39.5 Å². The van der Waals surface area contributed by atoms with Gasteiger partial charge in [-0.05, 0) is 37.5 Å². The number of ether oxygens (including phenoxy) is 4. The summed E-state index contributed by atoms with van der Waals surface area (Å²) >= 11 is 0. The molecule has 0 aliphatic rings. The molecular formula is C78H152O17P2. The average molecular weight is 1420 g/mol. The first-order valence-electron chi connectivity index (χ1n) is 40.6. The number of aliphatic hydroxyl groups excluding tert-OH is 1. The molecule has 4 unspecified atom stereocenters. The Labute approximate surface area is 594 Å². The summed E-state index contributed by atoms with van der Waals surface area (Å²) in [6, 6.07) is 0. The van der Waals surface area contributed by atoms with E-state index < -0.39 is 97.5 Å². The van der Waals surface area contributed by atoms with E-state index in [0.717, 1.165) is 108 Å². The fraction of sp³-hybridized carbons (Fsp3) is 0.949. The average Bonchev–Trinajstić information content (AvgIpc) is 1.29. The minimum Gasteiger partial charge on any atom is -0.462 e. The van der Waals surface area contributed by atoms with E-state index in [-0.39, 0.29) is 25.7 Å². The van der Waals surface area contributed by atoms with E-state index in [0.29, 0.717) is 25.7 Å². The van der Waals surface area contributed by atoms with Crippen molar-refractivity contribution >= 4 is 39.5 Å². The molecule has 17 nitrogen and oxygen atoms in total. The molecule has 0 heterocycles. The number of aliphatic hydroxyl groups is 1. The first kappa shape index (κ1) is 95.1. The molecule has 0 aromatic carbocycles. The molecular weight excluding hydrogens is 1270 g/mol. The molecule has 19 heteroatoms. The summed E-state index contributed by atoms with van der Waals surface area (Å²) < 4.78 is 68.5. The molecule has 576 valence electrons. The van der Waals surface area contributed by atoms with Gasteiger partial charge in [-0.25, -0.2) is 9.13 Å². The fourth-order valence-corrected chi connectivity index (χ4v) is 13.5. The van der Waals surface area contributed by atoms with Crippen LogP contribution >= 0.6 is 15.6 Å². The van der Waals surface area contributed by atoms with Crippen molar-refractivity contribution < 1.29 is 80.2 Å². The predicted octanol–water partition coefficient (Wildman–Crippen LogP) is 23.1. The third-order valence-corrected chi connectivity index (χ3v) is 20.8. The molecule has 0 fully saturated rings. The zero-order chi connectivity index (χ0) is 71.4. The molecule has 0 aliphatic carbocycles. The molecule has 0 saturated heterocycles. The van der Waals surface area contributed by atoms with E-state index in [1.807, 2.05) is 0 Å². The number of carbonyl (C=O) groups is 4. The summed E-state index contributed by atoms with van der Waals surface area (Å²) in [5.74, 6) is -0.504. The van der Waals surface area contributed by atoms with Gasteiger partial charge in [0.15, 0.2) is 12.2 Å². The summed E-state index contributed by atoms with van der Waals surface area (Å²) in [5.41, 5.74) is 0. The summed E-state index contributed by atoms with van der Waals surface area (Å²) in [6.07, 6.45) is 58.3. The Bertz CT molecular complexity index is 1880. The van der Waals surface area contributed by atoms with Gasteiger partial charge in [-0.2, -0.15) is 0 Å². The van der Waals surface area contributed by atoms with Crippen LogP contribution < -0.4 is 0 Å². The Hall–Kier alpha value is -1.94. The highest BCUT2D eigenvalue weighted by atomic mass is 31.2. The Kier molecular flexibility index (Phi) is 68.4. The summed E-state index contributed by atoms with van der Waals surface area (Å²) in [4.78, 5) is 72.8. The van der Waals surface area contributed by atoms with Gasteiger partial charge < -0.3 is 33.8 Å². The lowest BCUT2D eigenvalue weighted by Gasteiger charge is -2.21. The smallest absolute Gasteiger partial charge is 0.462 e. The molecule has 0 bridgehead atoms. The lowest BCUT2D eigenvalue weighted by molar-refractivity contribution is -0.161. The second kappa shape index (κ2) is 69.8. The van der Waals surface area contributed by atoms with Gasteiger partial charge in [0.25, 0.3) is 0 Å². The lowest BCUT2D eigenvalue weighted by atomic mass is 9.99. The van der Waals surface area contributed by atoms with Crippen LogP contribution in [0.5, 0.6) is 0 Å². The van der Waals surface area contributed by atoms with Gasteiger partial charge in [0.2, 0.25) is 0 Å². The van der Waals surface area contributed by atoms with Crippen LogP contribution in [0.25, 0.3) is 0 Å². The SMILES string of the molecule is CCCCCCCCCCCCCCCCCCCCCCCC(=O)O[C@H](COC(=O)CCCCCCCCCCCCC(C)CC)COP(=O)(O)OC[C@@H](O)COP(=O)(O)OC[C@@H](COC(=O)CCCCCCCCCC)OC(=O)CCCCCCCCCCCCC(C)CC.